The minimum atomic E-state index is -0.345. The molecule has 0 fully saturated rings. The maximum absolute atomic E-state index is 12.4. The average Bonchev–Trinajstić information content (AvgIpc) is 2.67. The van der Waals surface area contributed by atoms with Crippen molar-refractivity contribution in [2.24, 2.45) is 0 Å². The Morgan fingerprint density at radius 3 is 1.50 bits per heavy atom. The second kappa shape index (κ2) is 7.57. The summed E-state index contributed by atoms with van der Waals surface area (Å²) in [6.45, 7) is 3.88. The molecule has 0 atom stereocenters. The van der Waals surface area contributed by atoms with Crippen LogP contribution in [0.4, 0.5) is 11.4 Å². The van der Waals surface area contributed by atoms with Gasteiger partial charge in [0.25, 0.3) is 11.8 Å². The van der Waals surface area contributed by atoms with Crippen molar-refractivity contribution in [2.75, 3.05) is 10.6 Å². The maximum Gasteiger partial charge on any atom is 0.274 e. The molecule has 0 radical (unpaired) electrons. The number of rotatable bonds is 4. The lowest BCUT2D eigenvalue weighted by atomic mass is 10.1. The summed E-state index contributed by atoms with van der Waals surface area (Å²) in [7, 11) is 0. The lowest BCUT2D eigenvalue weighted by Crippen LogP contribution is -2.18. The molecule has 0 saturated heterocycles. The molecule has 2 amide bonds. The fourth-order valence-corrected chi connectivity index (χ4v) is 2.39. The molecule has 6 nitrogen and oxygen atoms in total. The zero-order valence-corrected chi connectivity index (χ0v) is 14.5. The molecule has 26 heavy (non-hydrogen) atoms. The summed E-state index contributed by atoms with van der Waals surface area (Å²) in [5.41, 5.74) is 3.61. The minimum Gasteiger partial charge on any atom is -0.319 e. The van der Waals surface area contributed by atoms with Gasteiger partial charge < -0.3 is 10.6 Å². The zero-order valence-electron chi connectivity index (χ0n) is 14.5. The molecule has 3 rings (SSSR count). The van der Waals surface area contributed by atoms with Crippen LogP contribution in [-0.2, 0) is 0 Å². The second-order valence-corrected chi connectivity index (χ2v) is 5.82. The molecular weight excluding hydrogens is 328 g/mol. The van der Waals surface area contributed by atoms with Crippen LogP contribution in [-0.4, -0.2) is 21.8 Å². The quantitative estimate of drug-likeness (QED) is 0.756. The molecule has 0 aliphatic rings. The number of carbonyl (C=O) groups excluding carboxylic acids is 2. The van der Waals surface area contributed by atoms with Gasteiger partial charge in [-0.2, -0.15) is 0 Å². The van der Waals surface area contributed by atoms with Crippen molar-refractivity contribution < 1.29 is 9.59 Å². The number of nitrogens with one attached hydrogen (secondary N) is 2. The number of aryl methyl sites for hydroxylation is 2. The Labute approximate surface area is 151 Å². The van der Waals surface area contributed by atoms with Crippen molar-refractivity contribution in [1.82, 2.24) is 9.97 Å². The first-order valence-corrected chi connectivity index (χ1v) is 8.10. The number of hydrogen-bond donors (Lipinski definition) is 2. The Morgan fingerprint density at radius 2 is 1.15 bits per heavy atom. The number of pyridine rings is 2. The Balaban J connectivity index is 1.89. The predicted octanol–water partition coefficient (Wildman–Crippen LogP) is 3.60. The van der Waals surface area contributed by atoms with E-state index in [4.69, 9.17) is 0 Å². The van der Waals surface area contributed by atoms with Crippen molar-refractivity contribution in [3.8, 4) is 0 Å². The van der Waals surface area contributed by atoms with E-state index in [-0.39, 0.29) is 11.8 Å². The summed E-state index contributed by atoms with van der Waals surface area (Å²) < 4.78 is 0. The lowest BCUT2D eigenvalue weighted by Gasteiger charge is -2.15. The van der Waals surface area contributed by atoms with Gasteiger partial charge >= 0.3 is 0 Å². The molecule has 2 aromatic heterocycles. The Kier molecular flexibility index (Phi) is 5.03. The van der Waals surface area contributed by atoms with E-state index >= 15 is 0 Å². The van der Waals surface area contributed by atoms with Crippen LogP contribution >= 0.6 is 0 Å². The van der Waals surface area contributed by atoms with Gasteiger partial charge in [-0.05, 0) is 61.4 Å². The van der Waals surface area contributed by atoms with Gasteiger partial charge in [0.2, 0.25) is 0 Å². The zero-order chi connectivity index (χ0) is 18.5. The number of nitrogens with zero attached hydrogens (tertiary/aromatic N) is 2. The molecular formula is C20H18N4O2. The third-order valence-corrected chi connectivity index (χ3v) is 3.93. The van der Waals surface area contributed by atoms with Crippen molar-refractivity contribution in [3.05, 3.63) is 83.4 Å². The third kappa shape index (κ3) is 3.92. The van der Waals surface area contributed by atoms with Crippen LogP contribution in [0.2, 0.25) is 0 Å². The Bertz CT molecular complexity index is 862. The summed E-state index contributed by atoms with van der Waals surface area (Å²) in [5, 5.41) is 5.63. The molecule has 0 bridgehead atoms. The van der Waals surface area contributed by atoms with Crippen molar-refractivity contribution >= 4 is 23.2 Å². The highest BCUT2D eigenvalue weighted by atomic mass is 16.2. The van der Waals surface area contributed by atoms with Gasteiger partial charge in [-0.25, -0.2) is 0 Å². The Morgan fingerprint density at radius 1 is 0.731 bits per heavy atom. The molecule has 1 aromatic carbocycles. The van der Waals surface area contributed by atoms with Crippen molar-refractivity contribution in [1.29, 1.82) is 0 Å². The predicted molar refractivity (Wildman–Crippen MR) is 100 cm³/mol. The van der Waals surface area contributed by atoms with E-state index in [0.29, 0.717) is 22.8 Å². The molecule has 2 heterocycles. The highest BCUT2D eigenvalue weighted by molar-refractivity contribution is 6.09. The van der Waals surface area contributed by atoms with Gasteiger partial charge in [-0.1, -0.05) is 12.1 Å². The van der Waals surface area contributed by atoms with E-state index in [9.17, 15) is 9.59 Å². The van der Waals surface area contributed by atoms with Crippen molar-refractivity contribution in [3.63, 3.8) is 0 Å². The van der Waals surface area contributed by atoms with E-state index in [2.05, 4.69) is 20.6 Å². The molecule has 3 aromatic rings. The van der Waals surface area contributed by atoms with E-state index in [0.717, 1.165) is 11.1 Å². The fourth-order valence-electron chi connectivity index (χ4n) is 2.39. The normalized spacial score (nSPS) is 10.2. The first-order valence-electron chi connectivity index (χ1n) is 8.10. The smallest absolute Gasteiger partial charge is 0.274 e. The molecule has 0 unspecified atom stereocenters. The Hall–Kier alpha value is -3.54. The largest absolute Gasteiger partial charge is 0.319 e. The van der Waals surface area contributed by atoms with Crippen LogP contribution in [0.5, 0.6) is 0 Å². The van der Waals surface area contributed by atoms with Gasteiger partial charge in [-0.15, -0.1) is 0 Å². The molecule has 2 N–H and O–H groups in total. The summed E-state index contributed by atoms with van der Waals surface area (Å²) in [6, 6.07) is 13.9. The van der Waals surface area contributed by atoms with Crippen molar-refractivity contribution in [2.45, 2.75) is 13.8 Å². The van der Waals surface area contributed by atoms with Crippen LogP contribution < -0.4 is 10.6 Å². The van der Waals surface area contributed by atoms with Gasteiger partial charge in [0.15, 0.2) is 0 Å². The summed E-state index contributed by atoms with van der Waals surface area (Å²) in [5.74, 6) is -0.690. The number of aromatic nitrogens is 2. The summed E-state index contributed by atoms with van der Waals surface area (Å²) in [4.78, 5) is 32.9. The SMILES string of the molecule is Cc1cc(NC(=O)c2ccccn2)c(NC(=O)c2ccccn2)cc1C. The highest BCUT2D eigenvalue weighted by Crippen LogP contribution is 2.27. The van der Waals surface area contributed by atoms with Crippen LogP contribution in [0.25, 0.3) is 0 Å². The fraction of sp³-hybridized carbons (Fsp3) is 0.100. The lowest BCUT2D eigenvalue weighted by molar-refractivity contribution is 0.101. The number of anilines is 2. The second-order valence-electron chi connectivity index (χ2n) is 5.82. The number of benzene rings is 1. The molecule has 0 spiro atoms. The molecule has 0 saturated carbocycles. The molecule has 0 aliphatic carbocycles. The van der Waals surface area contributed by atoms with Gasteiger partial charge in [0, 0.05) is 12.4 Å². The topological polar surface area (TPSA) is 84.0 Å². The standard InChI is InChI=1S/C20H18N4O2/c1-13-11-17(23-19(25)15-7-3-5-9-21-15)18(12-14(13)2)24-20(26)16-8-4-6-10-22-16/h3-12H,1-2H3,(H,23,25)(H,24,26). The van der Waals surface area contributed by atoms with Crippen LogP contribution in [0.15, 0.2) is 60.9 Å². The molecule has 0 aliphatic heterocycles. The van der Waals surface area contributed by atoms with Crippen LogP contribution in [0, 0.1) is 13.8 Å². The summed E-state index contributed by atoms with van der Waals surface area (Å²) in [6.07, 6.45) is 3.11. The third-order valence-electron chi connectivity index (χ3n) is 3.93. The van der Waals surface area contributed by atoms with Crippen LogP contribution in [0.1, 0.15) is 32.1 Å². The van der Waals surface area contributed by atoms with Gasteiger partial charge in [0.1, 0.15) is 11.4 Å². The number of hydrogen-bond acceptors (Lipinski definition) is 4. The minimum absolute atomic E-state index is 0.299. The average molecular weight is 346 g/mol. The highest BCUT2D eigenvalue weighted by Gasteiger charge is 2.14. The van der Waals surface area contributed by atoms with E-state index in [1.807, 2.05) is 26.0 Å². The van der Waals surface area contributed by atoms with Crippen LogP contribution in [0.3, 0.4) is 0 Å². The van der Waals surface area contributed by atoms with E-state index in [1.54, 1.807) is 48.8 Å². The number of amides is 2. The molecule has 6 heteroatoms. The van der Waals surface area contributed by atoms with E-state index < -0.39 is 0 Å². The molecule has 130 valence electrons. The monoisotopic (exact) mass is 346 g/mol. The summed E-state index contributed by atoms with van der Waals surface area (Å²) >= 11 is 0. The van der Waals surface area contributed by atoms with E-state index in [1.165, 1.54) is 0 Å². The maximum atomic E-state index is 12.4. The first-order chi connectivity index (χ1) is 12.5. The van der Waals surface area contributed by atoms with Gasteiger partial charge in [0.05, 0.1) is 11.4 Å². The number of carbonyl (C=O) groups is 2. The van der Waals surface area contributed by atoms with Gasteiger partial charge in [-0.3, -0.25) is 19.6 Å². The first kappa shape index (κ1) is 17.3.